The van der Waals surface area contributed by atoms with Crippen LogP contribution in [0.3, 0.4) is 0 Å². The van der Waals surface area contributed by atoms with Gasteiger partial charge in [0.15, 0.2) is 0 Å². The molecule has 3 N–H and O–H groups in total. The molecule has 1 amide bonds. The highest BCUT2D eigenvalue weighted by Gasteiger charge is 2.19. The number of amides is 1. The summed E-state index contributed by atoms with van der Waals surface area (Å²) in [6.45, 7) is 0.303. The topological polar surface area (TPSA) is 70.6 Å². The van der Waals surface area contributed by atoms with Crippen LogP contribution in [-0.2, 0) is 0 Å². The Hall–Kier alpha value is -3.04. The van der Waals surface area contributed by atoms with E-state index in [1.54, 1.807) is 24.3 Å². The van der Waals surface area contributed by atoms with E-state index in [4.69, 9.17) is 4.74 Å². The van der Waals surface area contributed by atoms with Crippen molar-refractivity contribution in [1.82, 2.24) is 0 Å². The van der Waals surface area contributed by atoms with Crippen LogP contribution in [-0.4, -0.2) is 30.3 Å². The Morgan fingerprint density at radius 1 is 1.24 bits per heavy atom. The molecular formula is C23H23FN2O3. The van der Waals surface area contributed by atoms with Crippen LogP contribution in [0.1, 0.15) is 41.6 Å². The maximum atomic E-state index is 14.5. The minimum absolute atomic E-state index is 0.0295. The third-order valence-electron chi connectivity index (χ3n) is 5.25. The number of hydrogen-bond acceptors (Lipinski definition) is 4. The second-order valence-electron chi connectivity index (χ2n) is 7.45. The van der Waals surface area contributed by atoms with Crippen molar-refractivity contribution in [2.45, 2.75) is 31.7 Å². The number of aliphatic hydroxyl groups is 1. The Morgan fingerprint density at radius 3 is 2.83 bits per heavy atom. The van der Waals surface area contributed by atoms with E-state index in [1.807, 2.05) is 0 Å². The standard InChI is InChI=1S/C23H23FN2O3/c24-20-11-16(6-5-15-3-1-2-4-15)7-9-19(20)23(28)26-17-8-10-21-22(12-17)29-14-18(13-27)25-21/h7-12,15,18,25,27H,1-4,13-14H2,(H,26,28). The lowest BCUT2D eigenvalue weighted by Crippen LogP contribution is -2.34. The number of carbonyl (C=O) groups excluding carboxylic acids is 1. The van der Waals surface area contributed by atoms with Crippen LogP contribution in [0.4, 0.5) is 15.8 Å². The molecule has 1 saturated carbocycles. The van der Waals surface area contributed by atoms with Gasteiger partial charge in [0.05, 0.1) is 23.9 Å². The first-order valence-electron chi connectivity index (χ1n) is 9.89. The van der Waals surface area contributed by atoms with Gasteiger partial charge in [-0.2, -0.15) is 0 Å². The van der Waals surface area contributed by atoms with Crippen LogP contribution in [0, 0.1) is 23.6 Å². The average molecular weight is 394 g/mol. The lowest BCUT2D eigenvalue weighted by Gasteiger charge is -2.26. The van der Waals surface area contributed by atoms with Gasteiger partial charge >= 0.3 is 0 Å². The maximum Gasteiger partial charge on any atom is 0.258 e. The first kappa shape index (κ1) is 19.3. The van der Waals surface area contributed by atoms with Crippen LogP contribution >= 0.6 is 0 Å². The first-order valence-corrected chi connectivity index (χ1v) is 9.89. The molecule has 0 radical (unpaired) electrons. The summed E-state index contributed by atoms with van der Waals surface area (Å²) in [5.74, 6) is 6.06. The zero-order chi connectivity index (χ0) is 20.2. The zero-order valence-corrected chi connectivity index (χ0v) is 16.0. The number of hydrogen-bond donors (Lipinski definition) is 3. The maximum absolute atomic E-state index is 14.5. The Bertz CT molecular complexity index is 974. The third-order valence-corrected chi connectivity index (χ3v) is 5.25. The van der Waals surface area contributed by atoms with Crippen molar-refractivity contribution < 1.29 is 19.0 Å². The van der Waals surface area contributed by atoms with Gasteiger partial charge in [0.2, 0.25) is 0 Å². The molecule has 0 bridgehead atoms. The lowest BCUT2D eigenvalue weighted by molar-refractivity contribution is 0.102. The Kier molecular flexibility index (Phi) is 5.68. The van der Waals surface area contributed by atoms with Crippen LogP contribution < -0.4 is 15.4 Å². The number of benzene rings is 2. The van der Waals surface area contributed by atoms with Crippen molar-refractivity contribution in [2.75, 3.05) is 23.8 Å². The number of rotatable bonds is 3. The molecule has 1 unspecified atom stereocenters. The highest BCUT2D eigenvalue weighted by molar-refractivity contribution is 6.04. The van der Waals surface area contributed by atoms with Crippen molar-refractivity contribution in [1.29, 1.82) is 0 Å². The molecule has 0 spiro atoms. The van der Waals surface area contributed by atoms with Gasteiger partial charge in [-0.1, -0.05) is 24.7 Å². The molecule has 1 aliphatic heterocycles. The van der Waals surface area contributed by atoms with Gasteiger partial charge in [0.25, 0.3) is 5.91 Å². The number of carbonyl (C=O) groups is 1. The second kappa shape index (κ2) is 8.54. The summed E-state index contributed by atoms with van der Waals surface area (Å²) in [4.78, 5) is 12.5. The van der Waals surface area contributed by atoms with Crippen LogP contribution in [0.2, 0.25) is 0 Å². The molecule has 2 aromatic rings. The molecule has 5 nitrogen and oxygen atoms in total. The van der Waals surface area contributed by atoms with E-state index in [1.165, 1.54) is 25.0 Å². The SMILES string of the molecule is O=C(Nc1ccc2c(c1)OCC(CO)N2)c1ccc(C#CC2CCCC2)cc1F. The quantitative estimate of drug-likeness (QED) is 0.693. The van der Waals surface area contributed by atoms with E-state index in [9.17, 15) is 14.3 Å². The predicted molar refractivity (Wildman–Crippen MR) is 110 cm³/mol. The summed E-state index contributed by atoms with van der Waals surface area (Å²) in [7, 11) is 0. The number of halogens is 1. The van der Waals surface area contributed by atoms with Gasteiger partial charge in [-0.25, -0.2) is 4.39 Å². The Balaban J connectivity index is 1.44. The van der Waals surface area contributed by atoms with E-state index >= 15 is 0 Å². The molecule has 29 heavy (non-hydrogen) atoms. The Labute approximate surface area is 169 Å². The summed E-state index contributed by atoms with van der Waals surface area (Å²) in [6.07, 6.45) is 4.63. The summed E-state index contributed by atoms with van der Waals surface area (Å²) >= 11 is 0. The summed E-state index contributed by atoms with van der Waals surface area (Å²) in [5.41, 5.74) is 1.79. The summed E-state index contributed by atoms with van der Waals surface area (Å²) in [6, 6.07) is 9.42. The van der Waals surface area contributed by atoms with Gasteiger partial charge in [0, 0.05) is 23.2 Å². The van der Waals surface area contributed by atoms with Crippen LogP contribution in [0.5, 0.6) is 5.75 Å². The lowest BCUT2D eigenvalue weighted by atomic mass is 10.1. The Morgan fingerprint density at radius 2 is 2.07 bits per heavy atom. The van der Waals surface area contributed by atoms with E-state index in [0.717, 1.165) is 18.5 Å². The highest BCUT2D eigenvalue weighted by Crippen LogP contribution is 2.32. The molecule has 2 aromatic carbocycles. The molecule has 6 heteroatoms. The fraction of sp³-hybridized carbons (Fsp3) is 0.348. The number of ether oxygens (including phenoxy) is 1. The largest absolute Gasteiger partial charge is 0.489 e. The molecule has 4 rings (SSSR count). The van der Waals surface area contributed by atoms with Crippen LogP contribution in [0.15, 0.2) is 36.4 Å². The molecular weight excluding hydrogens is 371 g/mol. The fourth-order valence-corrected chi connectivity index (χ4v) is 3.62. The minimum Gasteiger partial charge on any atom is -0.489 e. The van der Waals surface area contributed by atoms with Gasteiger partial charge < -0.3 is 20.5 Å². The molecule has 0 aromatic heterocycles. The first-order chi connectivity index (χ1) is 14.1. The van der Waals surface area contributed by atoms with Crippen molar-refractivity contribution in [3.05, 3.63) is 53.3 Å². The van der Waals surface area contributed by atoms with Gasteiger partial charge in [-0.05, 0) is 43.2 Å². The van der Waals surface area contributed by atoms with E-state index < -0.39 is 11.7 Å². The highest BCUT2D eigenvalue weighted by atomic mass is 19.1. The second-order valence-corrected chi connectivity index (χ2v) is 7.45. The monoisotopic (exact) mass is 394 g/mol. The number of nitrogens with one attached hydrogen (secondary N) is 2. The van der Waals surface area contributed by atoms with E-state index in [0.29, 0.717) is 29.5 Å². The molecule has 1 aliphatic carbocycles. The molecule has 1 heterocycles. The molecule has 1 fully saturated rings. The fourth-order valence-electron chi connectivity index (χ4n) is 3.62. The van der Waals surface area contributed by atoms with Gasteiger partial charge in [-0.15, -0.1) is 0 Å². The third kappa shape index (κ3) is 4.52. The normalized spacial score (nSPS) is 18.1. The number of anilines is 2. The molecule has 0 saturated heterocycles. The summed E-state index contributed by atoms with van der Waals surface area (Å²) in [5, 5.41) is 15.1. The van der Waals surface area contributed by atoms with E-state index in [-0.39, 0.29) is 18.2 Å². The predicted octanol–water partition coefficient (Wildman–Crippen LogP) is 3.78. The van der Waals surface area contributed by atoms with Crippen molar-refractivity contribution in [2.24, 2.45) is 5.92 Å². The van der Waals surface area contributed by atoms with Crippen LogP contribution in [0.25, 0.3) is 0 Å². The van der Waals surface area contributed by atoms with Crippen molar-refractivity contribution >= 4 is 17.3 Å². The van der Waals surface area contributed by atoms with E-state index in [2.05, 4.69) is 22.5 Å². The zero-order valence-electron chi connectivity index (χ0n) is 16.0. The number of aliphatic hydroxyl groups excluding tert-OH is 1. The molecule has 1 atom stereocenters. The summed E-state index contributed by atoms with van der Waals surface area (Å²) < 4.78 is 20.1. The van der Waals surface area contributed by atoms with Crippen molar-refractivity contribution in [3.8, 4) is 17.6 Å². The number of fused-ring (bicyclic) bond motifs is 1. The molecule has 2 aliphatic rings. The molecule has 150 valence electrons. The minimum atomic E-state index is -0.595. The smallest absolute Gasteiger partial charge is 0.258 e. The van der Waals surface area contributed by atoms with Gasteiger partial charge in [0.1, 0.15) is 18.2 Å². The average Bonchev–Trinajstić information content (AvgIpc) is 3.25. The van der Waals surface area contributed by atoms with Gasteiger partial charge in [-0.3, -0.25) is 4.79 Å². The van der Waals surface area contributed by atoms with Crippen molar-refractivity contribution in [3.63, 3.8) is 0 Å².